The molecule has 0 saturated heterocycles. The monoisotopic (exact) mass is 398 g/mol. The van der Waals surface area contributed by atoms with Gasteiger partial charge in [-0.1, -0.05) is 55.8 Å². The Morgan fingerprint density at radius 3 is 2.50 bits per heavy atom. The fourth-order valence-electron chi connectivity index (χ4n) is 2.58. The van der Waals surface area contributed by atoms with Crippen LogP contribution in [0.25, 0.3) is 0 Å². The third-order valence-corrected chi connectivity index (χ3v) is 4.51. The van der Waals surface area contributed by atoms with E-state index in [9.17, 15) is 10.1 Å². The Morgan fingerprint density at radius 2 is 1.86 bits per heavy atom. The van der Waals surface area contributed by atoms with Gasteiger partial charge in [0.25, 0.3) is 0 Å². The first-order valence-electron chi connectivity index (χ1n) is 8.70. The Hall–Kier alpha value is -3.19. The van der Waals surface area contributed by atoms with Gasteiger partial charge in [0.2, 0.25) is 5.82 Å². The minimum atomic E-state index is -0.563. The van der Waals surface area contributed by atoms with Crippen molar-refractivity contribution < 1.29 is 9.66 Å². The molecular weight excluding hydrogens is 380 g/mol. The van der Waals surface area contributed by atoms with Gasteiger partial charge in [-0.2, -0.15) is 4.98 Å². The predicted octanol–water partition coefficient (Wildman–Crippen LogP) is 5.57. The highest BCUT2D eigenvalue weighted by molar-refractivity contribution is 6.31. The van der Waals surface area contributed by atoms with E-state index in [-0.39, 0.29) is 23.9 Å². The van der Waals surface area contributed by atoms with Gasteiger partial charge in [-0.05, 0) is 35.2 Å². The minimum absolute atomic E-state index is 0.0636. The molecule has 0 unspecified atom stereocenters. The number of nitrogens with one attached hydrogen (secondary N) is 1. The molecule has 0 aliphatic heterocycles. The maximum absolute atomic E-state index is 11.6. The second-order valence-electron chi connectivity index (χ2n) is 6.40. The van der Waals surface area contributed by atoms with E-state index >= 15 is 0 Å². The van der Waals surface area contributed by atoms with Crippen molar-refractivity contribution in [2.24, 2.45) is 0 Å². The first-order chi connectivity index (χ1) is 13.5. The summed E-state index contributed by atoms with van der Waals surface area (Å²) in [7, 11) is 0. The number of hydrogen-bond donors (Lipinski definition) is 1. The fraction of sp³-hybridized carbons (Fsp3) is 0.200. The Kier molecular flexibility index (Phi) is 6.06. The number of hydrogen-bond acceptors (Lipinski definition) is 6. The van der Waals surface area contributed by atoms with Gasteiger partial charge in [-0.15, -0.1) is 0 Å². The standard InChI is InChI=1S/C20H19ClN4O3/c1-13(2)14-7-9-16(10-8-14)28-20-18(25(26)27)19(23-12-24-20)22-11-15-5-3-4-6-17(15)21/h3-10,12-13H,11H2,1-2H3,(H,22,23,24). The zero-order valence-corrected chi connectivity index (χ0v) is 16.2. The van der Waals surface area contributed by atoms with E-state index in [4.69, 9.17) is 16.3 Å². The third kappa shape index (κ3) is 4.55. The maximum Gasteiger partial charge on any atom is 0.373 e. The Bertz CT molecular complexity index is 977. The number of nitro groups is 1. The van der Waals surface area contributed by atoms with E-state index in [1.54, 1.807) is 18.2 Å². The van der Waals surface area contributed by atoms with Crippen molar-refractivity contribution in [3.05, 3.63) is 81.1 Å². The molecule has 1 aromatic heterocycles. The summed E-state index contributed by atoms with van der Waals surface area (Å²) in [5.74, 6) is 0.777. The van der Waals surface area contributed by atoms with E-state index in [0.29, 0.717) is 16.7 Å². The van der Waals surface area contributed by atoms with Crippen LogP contribution in [0.4, 0.5) is 11.5 Å². The maximum atomic E-state index is 11.6. The molecule has 2 aromatic carbocycles. The van der Waals surface area contributed by atoms with Gasteiger partial charge in [0.05, 0.1) is 4.92 Å². The van der Waals surface area contributed by atoms with Gasteiger partial charge in [-0.25, -0.2) is 4.98 Å². The average Bonchev–Trinajstić information content (AvgIpc) is 2.67. The van der Waals surface area contributed by atoms with Crippen LogP contribution in [-0.2, 0) is 6.54 Å². The lowest BCUT2D eigenvalue weighted by Gasteiger charge is -2.11. The van der Waals surface area contributed by atoms with Gasteiger partial charge in [0.15, 0.2) is 0 Å². The number of benzene rings is 2. The van der Waals surface area contributed by atoms with Gasteiger partial charge in [0, 0.05) is 11.6 Å². The molecule has 0 fully saturated rings. The molecule has 0 amide bonds. The number of halogens is 1. The van der Waals surface area contributed by atoms with E-state index in [1.165, 1.54) is 6.33 Å². The van der Waals surface area contributed by atoms with Crippen molar-refractivity contribution in [2.45, 2.75) is 26.3 Å². The zero-order valence-electron chi connectivity index (χ0n) is 15.4. The number of ether oxygens (including phenoxy) is 1. The molecular formula is C20H19ClN4O3. The lowest BCUT2D eigenvalue weighted by atomic mass is 10.0. The molecule has 0 aliphatic rings. The van der Waals surface area contributed by atoms with Gasteiger partial charge < -0.3 is 10.1 Å². The molecule has 0 saturated carbocycles. The first kappa shape index (κ1) is 19.6. The molecule has 0 aliphatic carbocycles. The van der Waals surface area contributed by atoms with Crippen LogP contribution in [0.3, 0.4) is 0 Å². The molecule has 28 heavy (non-hydrogen) atoms. The molecule has 0 spiro atoms. The summed E-state index contributed by atoms with van der Waals surface area (Å²) < 4.78 is 5.66. The normalized spacial score (nSPS) is 10.7. The van der Waals surface area contributed by atoms with E-state index < -0.39 is 4.92 Å². The summed E-state index contributed by atoms with van der Waals surface area (Å²) in [5.41, 5.74) is 1.61. The minimum Gasteiger partial charge on any atom is -0.434 e. The highest BCUT2D eigenvalue weighted by Gasteiger charge is 2.25. The second-order valence-corrected chi connectivity index (χ2v) is 6.81. The molecule has 0 atom stereocenters. The summed E-state index contributed by atoms with van der Waals surface area (Å²) in [6.07, 6.45) is 1.22. The predicted molar refractivity (Wildman–Crippen MR) is 108 cm³/mol. The quantitative estimate of drug-likeness (QED) is 0.413. The highest BCUT2D eigenvalue weighted by Crippen LogP contribution is 2.34. The molecule has 1 N–H and O–H groups in total. The highest BCUT2D eigenvalue weighted by atomic mass is 35.5. The van der Waals surface area contributed by atoms with Crippen molar-refractivity contribution in [3.8, 4) is 11.6 Å². The molecule has 3 aromatic rings. The summed E-state index contributed by atoms with van der Waals surface area (Å²) in [6, 6.07) is 14.6. The molecule has 3 rings (SSSR count). The summed E-state index contributed by atoms with van der Waals surface area (Å²) >= 11 is 6.13. The zero-order chi connectivity index (χ0) is 20.1. The van der Waals surface area contributed by atoms with Crippen LogP contribution in [0, 0.1) is 10.1 Å². The third-order valence-electron chi connectivity index (χ3n) is 4.14. The number of aromatic nitrogens is 2. The smallest absolute Gasteiger partial charge is 0.373 e. The number of anilines is 1. The van der Waals surface area contributed by atoms with Crippen molar-refractivity contribution in [1.82, 2.24) is 9.97 Å². The van der Waals surface area contributed by atoms with Crippen molar-refractivity contribution in [2.75, 3.05) is 5.32 Å². The van der Waals surface area contributed by atoms with Crippen molar-refractivity contribution in [3.63, 3.8) is 0 Å². The molecule has 0 radical (unpaired) electrons. The van der Waals surface area contributed by atoms with Crippen LogP contribution in [0.5, 0.6) is 11.6 Å². The van der Waals surface area contributed by atoms with E-state index in [1.807, 2.05) is 30.3 Å². The lowest BCUT2D eigenvalue weighted by molar-refractivity contribution is -0.385. The fourth-order valence-corrected chi connectivity index (χ4v) is 2.79. The summed E-state index contributed by atoms with van der Waals surface area (Å²) in [6.45, 7) is 4.45. The summed E-state index contributed by atoms with van der Waals surface area (Å²) in [5, 5.41) is 15.1. The largest absolute Gasteiger partial charge is 0.434 e. The van der Waals surface area contributed by atoms with Crippen LogP contribution in [0.15, 0.2) is 54.9 Å². The molecule has 7 nitrogen and oxygen atoms in total. The topological polar surface area (TPSA) is 90.2 Å². The van der Waals surface area contributed by atoms with Gasteiger partial charge in [-0.3, -0.25) is 10.1 Å². The average molecular weight is 399 g/mol. The van der Waals surface area contributed by atoms with Crippen LogP contribution in [0.2, 0.25) is 5.02 Å². The van der Waals surface area contributed by atoms with E-state index in [2.05, 4.69) is 29.1 Å². The number of nitrogens with zero attached hydrogens (tertiary/aromatic N) is 3. The molecule has 1 heterocycles. The SMILES string of the molecule is CC(C)c1ccc(Oc2ncnc(NCc3ccccc3Cl)c2[N+](=O)[O-])cc1. The Morgan fingerprint density at radius 1 is 1.14 bits per heavy atom. The molecule has 144 valence electrons. The number of rotatable bonds is 7. The van der Waals surface area contributed by atoms with Crippen LogP contribution >= 0.6 is 11.6 Å². The lowest BCUT2D eigenvalue weighted by Crippen LogP contribution is -2.07. The molecule has 8 heteroatoms. The van der Waals surface area contributed by atoms with Crippen molar-refractivity contribution >= 4 is 23.1 Å². The van der Waals surface area contributed by atoms with Gasteiger partial charge >= 0.3 is 11.6 Å². The van der Waals surface area contributed by atoms with Crippen LogP contribution < -0.4 is 10.1 Å². The summed E-state index contributed by atoms with van der Waals surface area (Å²) in [4.78, 5) is 19.0. The Balaban J connectivity index is 1.85. The first-order valence-corrected chi connectivity index (χ1v) is 9.08. The second kappa shape index (κ2) is 8.67. The van der Waals surface area contributed by atoms with Crippen LogP contribution in [-0.4, -0.2) is 14.9 Å². The van der Waals surface area contributed by atoms with Crippen LogP contribution in [0.1, 0.15) is 30.9 Å². The Labute approximate surface area is 167 Å². The molecule has 0 bridgehead atoms. The van der Waals surface area contributed by atoms with Crippen molar-refractivity contribution in [1.29, 1.82) is 0 Å². The van der Waals surface area contributed by atoms with Gasteiger partial charge in [0.1, 0.15) is 12.1 Å². The van der Waals surface area contributed by atoms with E-state index in [0.717, 1.165) is 11.1 Å².